The normalized spacial score (nSPS) is 16.4. The summed E-state index contributed by atoms with van der Waals surface area (Å²) in [6, 6.07) is 5.77. The number of nitrogens with zero attached hydrogens (tertiary/aromatic N) is 2. The van der Waals surface area contributed by atoms with Crippen molar-refractivity contribution in [1.29, 1.82) is 0 Å². The number of quaternary nitrogens is 1. The summed E-state index contributed by atoms with van der Waals surface area (Å²) in [7, 11) is 0. The van der Waals surface area contributed by atoms with E-state index in [0.717, 1.165) is 0 Å². The summed E-state index contributed by atoms with van der Waals surface area (Å²) in [5.41, 5.74) is 11.0. The van der Waals surface area contributed by atoms with Crippen LogP contribution in [0.1, 0.15) is 32.3 Å². The molecule has 0 fully saturated rings. The number of amidine groups is 1. The molecule has 1 unspecified atom stereocenters. The van der Waals surface area contributed by atoms with Crippen LogP contribution in [0, 0.1) is 5.82 Å². The van der Waals surface area contributed by atoms with Crippen LogP contribution in [0.2, 0.25) is 0 Å². The molecule has 1 aliphatic heterocycles. The fraction of sp³-hybridized carbons (Fsp3) is 0.368. The molecule has 1 heterocycles. The van der Waals surface area contributed by atoms with Crippen LogP contribution in [0.4, 0.5) is 4.39 Å². The van der Waals surface area contributed by atoms with E-state index < -0.39 is 17.6 Å². The summed E-state index contributed by atoms with van der Waals surface area (Å²) in [6.07, 6.45) is 0. The minimum atomic E-state index is -0.997. The third-order valence-electron chi connectivity index (χ3n) is 4.42. The molecular weight excluding hydrogens is 365 g/mol. The van der Waals surface area contributed by atoms with Gasteiger partial charge in [0.1, 0.15) is 16.7 Å². The molecule has 1 amide bonds. The average molecular weight is 392 g/mol. The summed E-state index contributed by atoms with van der Waals surface area (Å²) in [5.74, 6) is -0.641. The van der Waals surface area contributed by atoms with E-state index in [0.29, 0.717) is 0 Å². The Labute approximate surface area is 164 Å². The number of rotatable bonds is 5. The first-order valence-corrected chi connectivity index (χ1v) is 9.19. The van der Waals surface area contributed by atoms with Gasteiger partial charge in [-0.05, 0) is 26.8 Å². The second kappa shape index (κ2) is 10.7. The highest BCUT2D eigenvalue weighted by Crippen LogP contribution is 2.38. The monoisotopic (exact) mass is 391 g/mol. The predicted molar refractivity (Wildman–Crippen MR) is 110 cm³/mol. The van der Waals surface area contributed by atoms with Crippen LogP contribution < -0.4 is 16.4 Å². The maximum absolute atomic E-state index is 14.0. The molecule has 0 saturated heterocycles. The fourth-order valence-corrected chi connectivity index (χ4v) is 3.15. The molecule has 2 rings (SSSR count). The largest absolute Gasteiger partial charge is 0.763 e. The number of nitrogens with two attached hydrogens (primary N) is 2. The Morgan fingerprint density at radius 3 is 2.26 bits per heavy atom. The molecule has 1 aromatic carbocycles. The molecule has 1 aromatic rings. The Morgan fingerprint density at radius 1 is 1.30 bits per heavy atom. The Bertz CT molecular complexity index is 790. The Hall–Kier alpha value is -2.41. The van der Waals surface area contributed by atoms with Crippen LogP contribution in [-0.4, -0.2) is 37.2 Å². The van der Waals surface area contributed by atoms with Gasteiger partial charge in [0.2, 0.25) is 5.91 Å². The molecule has 0 saturated carbocycles. The van der Waals surface area contributed by atoms with Gasteiger partial charge in [0, 0.05) is 11.1 Å². The van der Waals surface area contributed by atoms with Crippen LogP contribution in [0.3, 0.4) is 0 Å². The summed E-state index contributed by atoms with van der Waals surface area (Å²) in [5, 5.41) is 9.19. The Kier molecular flexibility index (Phi) is 8.94. The van der Waals surface area contributed by atoms with Gasteiger partial charge >= 0.3 is 0 Å². The molecule has 27 heavy (non-hydrogen) atoms. The number of nitrogens with one attached hydrogen (secondary N) is 1. The van der Waals surface area contributed by atoms with Gasteiger partial charge in [-0.3, -0.25) is 10.7 Å². The number of hydrogen-bond donors (Lipinski definition) is 4. The lowest BCUT2D eigenvalue weighted by molar-refractivity contribution is -0.894. The third kappa shape index (κ3) is 5.53. The number of benzene rings is 1. The second-order valence-corrected chi connectivity index (χ2v) is 6.31. The predicted octanol–water partition coefficient (Wildman–Crippen LogP) is 1.00. The zero-order valence-electron chi connectivity index (χ0n) is 15.8. The van der Waals surface area contributed by atoms with Gasteiger partial charge in [0.25, 0.3) is 0 Å². The first-order valence-electron chi connectivity index (χ1n) is 8.74. The second-order valence-electron chi connectivity index (χ2n) is 5.89. The lowest BCUT2D eigenvalue weighted by atomic mass is 9.83. The van der Waals surface area contributed by atoms with Crippen LogP contribution >= 0.6 is 12.6 Å². The quantitative estimate of drug-likeness (QED) is 0.444. The number of carbonyl (C=O) groups excluding carboxylic acids is 1. The van der Waals surface area contributed by atoms with Crippen molar-refractivity contribution in [3.05, 3.63) is 57.2 Å². The highest BCUT2D eigenvalue weighted by atomic mass is 32.1. The number of hydrogen-bond acceptors (Lipinski definition) is 4. The molecule has 0 radical (unpaired) electrons. The minimum Gasteiger partial charge on any atom is -0.763 e. The average Bonchev–Trinajstić information content (AvgIpc) is 2.63. The number of thiol groups is 1. The molecule has 146 valence electrons. The molecule has 0 aliphatic carbocycles. The van der Waals surface area contributed by atoms with Gasteiger partial charge < -0.3 is 21.8 Å². The molecular formula is C19H26FN5OS. The lowest BCUT2D eigenvalue weighted by Gasteiger charge is -2.26. The van der Waals surface area contributed by atoms with Gasteiger partial charge in [0.05, 0.1) is 31.1 Å². The molecule has 8 heteroatoms. The van der Waals surface area contributed by atoms with Gasteiger partial charge in [-0.2, -0.15) is 0 Å². The zero-order chi connectivity index (χ0) is 20.6. The van der Waals surface area contributed by atoms with E-state index >= 15 is 0 Å². The molecule has 0 spiro atoms. The van der Waals surface area contributed by atoms with E-state index in [1.165, 1.54) is 37.8 Å². The number of amides is 1. The van der Waals surface area contributed by atoms with Crippen molar-refractivity contribution in [1.82, 2.24) is 0 Å². The van der Waals surface area contributed by atoms with Crippen molar-refractivity contribution in [3.8, 4) is 0 Å². The van der Waals surface area contributed by atoms with E-state index in [4.69, 9.17) is 11.5 Å². The van der Waals surface area contributed by atoms with E-state index in [-0.39, 0.29) is 27.6 Å². The summed E-state index contributed by atoms with van der Waals surface area (Å²) in [4.78, 5) is 17.1. The van der Waals surface area contributed by atoms with Crippen LogP contribution in [0.25, 0.3) is 5.41 Å². The number of aliphatic imine (C=N–C) groups is 1. The molecule has 0 bridgehead atoms. The first-order chi connectivity index (χ1) is 12.8. The van der Waals surface area contributed by atoms with Gasteiger partial charge in [-0.15, -0.1) is 12.6 Å². The molecule has 1 aliphatic rings. The Balaban J connectivity index is 0.000000445. The molecule has 0 aromatic heterocycles. The highest BCUT2D eigenvalue weighted by molar-refractivity contribution is 7.84. The van der Waals surface area contributed by atoms with Crippen molar-refractivity contribution in [3.63, 3.8) is 0 Å². The maximum Gasteiger partial charge on any atom is 0.248 e. The van der Waals surface area contributed by atoms with Crippen molar-refractivity contribution in [2.75, 3.05) is 19.6 Å². The summed E-state index contributed by atoms with van der Waals surface area (Å²) >= 11 is 4.04. The van der Waals surface area contributed by atoms with Gasteiger partial charge in [-0.25, -0.2) is 9.38 Å². The summed E-state index contributed by atoms with van der Waals surface area (Å²) < 4.78 is 14.0. The van der Waals surface area contributed by atoms with Crippen LogP contribution in [-0.2, 0) is 4.79 Å². The minimum absolute atomic E-state index is 0.0118. The van der Waals surface area contributed by atoms with Crippen LogP contribution in [0.5, 0.6) is 0 Å². The van der Waals surface area contributed by atoms with Gasteiger partial charge in [-0.1, -0.05) is 18.2 Å². The van der Waals surface area contributed by atoms with Crippen molar-refractivity contribution in [2.24, 2.45) is 16.5 Å². The number of carbonyl (C=O) groups is 1. The number of primary amides is 1. The first kappa shape index (κ1) is 22.6. The van der Waals surface area contributed by atoms with Gasteiger partial charge in [0.15, 0.2) is 0 Å². The number of halogens is 1. The van der Waals surface area contributed by atoms with E-state index in [2.05, 4.69) is 38.4 Å². The maximum atomic E-state index is 14.0. The zero-order valence-corrected chi connectivity index (χ0v) is 16.7. The van der Waals surface area contributed by atoms with Crippen LogP contribution in [0.15, 0.2) is 45.4 Å². The van der Waals surface area contributed by atoms with E-state index in [9.17, 15) is 14.6 Å². The smallest absolute Gasteiger partial charge is 0.248 e. The Morgan fingerprint density at radius 2 is 1.85 bits per heavy atom. The molecule has 6 nitrogen and oxygen atoms in total. The van der Waals surface area contributed by atoms with Crippen molar-refractivity contribution >= 4 is 30.2 Å². The summed E-state index contributed by atoms with van der Waals surface area (Å²) in [6.45, 7) is 10.5. The molecule has 5 N–H and O–H groups in total. The third-order valence-corrected chi connectivity index (χ3v) is 4.76. The van der Waals surface area contributed by atoms with E-state index in [1.54, 1.807) is 11.0 Å². The highest BCUT2D eigenvalue weighted by Gasteiger charge is 2.33. The van der Waals surface area contributed by atoms with Crippen molar-refractivity contribution in [2.45, 2.75) is 26.7 Å². The fourth-order valence-electron chi connectivity index (χ4n) is 2.80. The molecule has 1 atom stereocenters. The standard InChI is InChI=1S/C13H10FN4OS.C6H15N/c14-8-4-2-1-3-6(8)9-7(5-15)11(16)18-13(20)10(9)12(17)19;1-4-7(5-2)6-3/h1-4,9,20H,(H2,16,18)(H2,17,19);4-6H2,1-3H3/q-1;/p+1. The SMILES string of the molecule is CC[NH+](CC)CC.[N-]=C=C1C(N)=NC(S)=C(C(N)=O)C1c1ccccc1F. The van der Waals surface area contributed by atoms with Crippen molar-refractivity contribution < 1.29 is 14.1 Å². The topological polar surface area (TPSA) is 108 Å². The lowest BCUT2D eigenvalue weighted by Crippen LogP contribution is -3.11. The van der Waals surface area contributed by atoms with E-state index in [1.807, 2.05) is 5.87 Å².